The number of benzene rings is 1. The van der Waals surface area contributed by atoms with E-state index in [2.05, 4.69) is 20.6 Å². The van der Waals surface area contributed by atoms with Crippen LogP contribution in [0.5, 0.6) is 0 Å². The van der Waals surface area contributed by atoms with Gasteiger partial charge in [-0.25, -0.2) is 0 Å². The minimum atomic E-state index is -0.663. The van der Waals surface area contributed by atoms with E-state index in [0.717, 1.165) is 6.07 Å². The summed E-state index contributed by atoms with van der Waals surface area (Å²) in [6.45, 7) is 0. The molecule has 2 aromatic heterocycles. The number of nitrogens with zero attached hydrogens (tertiary/aromatic N) is 3. The molecule has 146 valence electrons. The number of hydrogen-bond donors (Lipinski definition) is 2. The van der Waals surface area contributed by atoms with E-state index in [1.165, 1.54) is 48.8 Å². The van der Waals surface area contributed by atoms with Crippen LogP contribution >= 0.6 is 23.2 Å². The predicted octanol–water partition coefficient (Wildman–Crippen LogP) is 4.20. The Kier molecular flexibility index (Phi) is 6.01. The maximum absolute atomic E-state index is 12.5. The molecular weight excluding hydrogens is 421 g/mol. The van der Waals surface area contributed by atoms with Crippen molar-refractivity contribution in [3.05, 3.63) is 86.4 Å². The summed E-state index contributed by atoms with van der Waals surface area (Å²) in [5.74, 6) is -1.28. The number of halogens is 2. The van der Waals surface area contributed by atoms with Gasteiger partial charge in [-0.3, -0.25) is 29.7 Å². The zero-order valence-corrected chi connectivity index (χ0v) is 15.9. The highest BCUT2D eigenvalue weighted by Crippen LogP contribution is 2.28. The molecule has 1 aromatic carbocycles. The van der Waals surface area contributed by atoms with Crippen LogP contribution in [0.25, 0.3) is 0 Å². The number of carbonyl (C=O) groups excluding carboxylic acids is 2. The Hall–Kier alpha value is -3.56. The lowest BCUT2D eigenvalue weighted by molar-refractivity contribution is -0.384. The predicted molar refractivity (Wildman–Crippen MR) is 107 cm³/mol. The zero-order valence-electron chi connectivity index (χ0n) is 14.4. The molecule has 2 N–H and O–H groups in total. The van der Waals surface area contributed by atoms with Crippen LogP contribution in [0, 0.1) is 10.1 Å². The minimum absolute atomic E-state index is 0.00125. The van der Waals surface area contributed by atoms with Crippen molar-refractivity contribution in [2.24, 2.45) is 0 Å². The summed E-state index contributed by atoms with van der Waals surface area (Å²) in [5, 5.41) is 16.7. The second-order valence-electron chi connectivity index (χ2n) is 5.61. The number of aromatic nitrogens is 2. The van der Waals surface area contributed by atoms with Gasteiger partial charge in [0.15, 0.2) is 0 Å². The Morgan fingerprint density at radius 1 is 0.828 bits per heavy atom. The zero-order chi connectivity index (χ0) is 21.0. The van der Waals surface area contributed by atoms with Crippen molar-refractivity contribution in [3.63, 3.8) is 0 Å². The number of nitro groups is 1. The third-order valence-electron chi connectivity index (χ3n) is 3.62. The van der Waals surface area contributed by atoms with Crippen molar-refractivity contribution >= 4 is 52.1 Å². The van der Waals surface area contributed by atoms with E-state index in [1.807, 2.05) is 0 Å². The molecule has 3 rings (SSSR count). The van der Waals surface area contributed by atoms with Crippen LogP contribution in [0.15, 0.2) is 54.9 Å². The minimum Gasteiger partial charge on any atom is -0.319 e. The molecule has 0 fully saturated rings. The molecule has 0 radical (unpaired) electrons. The van der Waals surface area contributed by atoms with E-state index in [9.17, 15) is 19.7 Å². The van der Waals surface area contributed by atoms with E-state index in [1.54, 1.807) is 0 Å². The first-order chi connectivity index (χ1) is 13.8. The monoisotopic (exact) mass is 431 g/mol. The number of carbonyl (C=O) groups is 2. The van der Waals surface area contributed by atoms with Crippen molar-refractivity contribution in [1.82, 2.24) is 9.97 Å². The molecule has 0 saturated carbocycles. The second-order valence-corrected chi connectivity index (χ2v) is 6.49. The normalized spacial score (nSPS) is 10.3. The lowest BCUT2D eigenvalue weighted by atomic mass is 10.2. The summed E-state index contributed by atoms with van der Waals surface area (Å²) in [6, 6.07) is 9.29. The van der Waals surface area contributed by atoms with Gasteiger partial charge in [0.1, 0.15) is 11.4 Å². The van der Waals surface area contributed by atoms with Gasteiger partial charge < -0.3 is 10.6 Å². The highest BCUT2D eigenvalue weighted by atomic mass is 35.5. The maximum Gasteiger partial charge on any atom is 0.274 e. The molecular formula is C18H11Cl2N5O4. The fraction of sp³-hybridized carbons (Fsp3) is 0. The van der Waals surface area contributed by atoms with Crippen molar-refractivity contribution in [2.45, 2.75) is 0 Å². The van der Waals surface area contributed by atoms with Crippen LogP contribution in [0.1, 0.15) is 21.0 Å². The van der Waals surface area contributed by atoms with Gasteiger partial charge in [-0.15, -0.1) is 0 Å². The molecule has 9 nitrogen and oxygen atoms in total. The summed E-state index contributed by atoms with van der Waals surface area (Å²) in [7, 11) is 0. The first-order valence-corrected chi connectivity index (χ1v) is 8.73. The molecule has 0 unspecified atom stereocenters. The number of hydrogen-bond acceptors (Lipinski definition) is 6. The molecule has 0 bridgehead atoms. The van der Waals surface area contributed by atoms with Crippen LogP contribution in [0.2, 0.25) is 10.0 Å². The number of non-ortho nitro benzene ring substituents is 1. The first kappa shape index (κ1) is 20.2. The van der Waals surface area contributed by atoms with Gasteiger partial charge in [-0.05, 0) is 30.3 Å². The fourth-order valence-electron chi connectivity index (χ4n) is 2.29. The lowest BCUT2D eigenvalue weighted by Crippen LogP contribution is -2.18. The van der Waals surface area contributed by atoms with Crippen LogP contribution < -0.4 is 10.6 Å². The van der Waals surface area contributed by atoms with Gasteiger partial charge in [0, 0.05) is 34.6 Å². The molecule has 3 aromatic rings. The SMILES string of the molecule is O=C(Nc1ccc([N+](=O)[O-])cc1NC(=O)c1cc(Cl)ccn1)c1cc(Cl)ccn1. The van der Waals surface area contributed by atoms with Gasteiger partial charge in [-0.2, -0.15) is 0 Å². The quantitative estimate of drug-likeness (QED) is 0.460. The molecule has 0 aliphatic rings. The summed E-state index contributed by atoms with van der Waals surface area (Å²) in [4.78, 5) is 43.2. The van der Waals surface area contributed by atoms with Gasteiger partial charge in [-0.1, -0.05) is 23.2 Å². The molecule has 0 aliphatic carbocycles. The summed E-state index contributed by atoms with van der Waals surface area (Å²) < 4.78 is 0. The van der Waals surface area contributed by atoms with Crippen LogP contribution in [-0.4, -0.2) is 26.7 Å². The standard InChI is InChI=1S/C18H11Cl2N5O4/c19-10-3-5-21-15(7-10)17(26)23-13-2-1-12(25(28)29)9-14(13)24-18(27)16-8-11(20)4-6-22-16/h1-9H,(H,23,26)(H,24,27). The summed E-state index contributed by atoms with van der Waals surface area (Å²) in [5.41, 5.74) is -0.125. The largest absolute Gasteiger partial charge is 0.319 e. The number of nitro benzene ring substituents is 1. The highest BCUT2D eigenvalue weighted by Gasteiger charge is 2.18. The van der Waals surface area contributed by atoms with Gasteiger partial charge in [0.25, 0.3) is 17.5 Å². The smallest absolute Gasteiger partial charge is 0.274 e. The average molecular weight is 432 g/mol. The van der Waals surface area contributed by atoms with Crippen molar-refractivity contribution in [3.8, 4) is 0 Å². The van der Waals surface area contributed by atoms with E-state index in [4.69, 9.17) is 23.2 Å². The Morgan fingerprint density at radius 3 is 1.83 bits per heavy atom. The number of nitrogens with one attached hydrogen (secondary N) is 2. The van der Waals surface area contributed by atoms with Crippen LogP contribution in [0.4, 0.5) is 17.1 Å². The first-order valence-electron chi connectivity index (χ1n) is 7.98. The molecule has 2 heterocycles. The molecule has 0 saturated heterocycles. The van der Waals surface area contributed by atoms with Gasteiger partial charge >= 0.3 is 0 Å². The molecule has 0 spiro atoms. The number of rotatable bonds is 5. The van der Waals surface area contributed by atoms with Crippen LogP contribution in [-0.2, 0) is 0 Å². The number of anilines is 2. The van der Waals surface area contributed by atoms with Crippen molar-refractivity contribution < 1.29 is 14.5 Å². The third kappa shape index (κ3) is 5.03. The highest BCUT2D eigenvalue weighted by molar-refractivity contribution is 6.31. The molecule has 0 aliphatic heterocycles. The van der Waals surface area contributed by atoms with Crippen LogP contribution in [0.3, 0.4) is 0 Å². The Balaban J connectivity index is 1.91. The molecule has 2 amide bonds. The summed E-state index contributed by atoms with van der Waals surface area (Å²) >= 11 is 11.7. The van der Waals surface area contributed by atoms with Crippen molar-refractivity contribution in [2.75, 3.05) is 10.6 Å². The maximum atomic E-state index is 12.5. The Morgan fingerprint density at radius 2 is 1.34 bits per heavy atom. The van der Waals surface area contributed by atoms with E-state index >= 15 is 0 Å². The lowest BCUT2D eigenvalue weighted by Gasteiger charge is -2.12. The van der Waals surface area contributed by atoms with E-state index in [0.29, 0.717) is 10.0 Å². The van der Waals surface area contributed by atoms with E-state index < -0.39 is 16.7 Å². The molecule has 29 heavy (non-hydrogen) atoms. The Bertz CT molecular complexity index is 1120. The number of pyridine rings is 2. The third-order valence-corrected chi connectivity index (χ3v) is 4.09. The molecule has 11 heteroatoms. The fourth-order valence-corrected chi connectivity index (χ4v) is 2.61. The van der Waals surface area contributed by atoms with Crippen molar-refractivity contribution in [1.29, 1.82) is 0 Å². The van der Waals surface area contributed by atoms with E-state index in [-0.39, 0.29) is 28.5 Å². The average Bonchev–Trinajstić information content (AvgIpc) is 2.69. The second kappa shape index (κ2) is 8.63. The molecule has 0 atom stereocenters. The summed E-state index contributed by atoms with van der Waals surface area (Å²) in [6.07, 6.45) is 2.71. The number of amides is 2. The topological polar surface area (TPSA) is 127 Å². The van der Waals surface area contributed by atoms with Gasteiger partial charge in [0.05, 0.1) is 16.3 Å². The Labute approximate surface area is 173 Å². The van der Waals surface area contributed by atoms with Gasteiger partial charge in [0.2, 0.25) is 0 Å².